The van der Waals surface area contributed by atoms with Gasteiger partial charge in [-0.2, -0.15) is 0 Å². The minimum Gasteiger partial charge on any atom is -0.439 e. The second-order valence-corrected chi connectivity index (χ2v) is 8.20. The molecule has 2 amide bonds. The summed E-state index contributed by atoms with van der Waals surface area (Å²) in [7, 11) is 0. The Kier molecular flexibility index (Phi) is 6.14. The van der Waals surface area contributed by atoms with Crippen molar-refractivity contribution in [2.45, 2.75) is 39.1 Å². The van der Waals surface area contributed by atoms with Crippen LogP contribution in [0.1, 0.15) is 57.4 Å². The molecule has 5 rings (SSSR count). The van der Waals surface area contributed by atoms with Gasteiger partial charge in [0.15, 0.2) is 5.58 Å². The maximum Gasteiger partial charge on any atom is 0.268 e. The third kappa shape index (κ3) is 4.32. The summed E-state index contributed by atoms with van der Waals surface area (Å²) < 4.78 is 13.2. The van der Waals surface area contributed by atoms with Gasteiger partial charge in [-0.05, 0) is 30.2 Å². The predicted octanol–water partition coefficient (Wildman–Crippen LogP) is 3.97. The van der Waals surface area contributed by atoms with E-state index in [9.17, 15) is 9.59 Å². The molecule has 1 aliphatic rings. The Hall–Kier alpha value is -3.91. The summed E-state index contributed by atoms with van der Waals surface area (Å²) in [6, 6.07) is 18.9. The average molecular weight is 459 g/mol. The molecule has 2 aromatic heterocycles. The highest BCUT2D eigenvalue weighted by Crippen LogP contribution is 2.23. The van der Waals surface area contributed by atoms with Gasteiger partial charge in [-0.15, -0.1) is 0 Å². The van der Waals surface area contributed by atoms with Crippen LogP contribution in [0.4, 0.5) is 0 Å². The number of hydrogen-bond donors (Lipinski definition) is 2. The molecule has 1 aliphatic heterocycles. The lowest BCUT2D eigenvalue weighted by Gasteiger charge is -2.21. The molecule has 174 valence electrons. The summed E-state index contributed by atoms with van der Waals surface area (Å²) in [4.78, 5) is 30.7. The second kappa shape index (κ2) is 9.52. The van der Waals surface area contributed by atoms with Crippen LogP contribution >= 0.6 is 0 Å². The molecule has 0 aliphatic carbocycles. The highest BCUT2D eigenvalue weighted by atomic mass is 16.5. The van der Waals surface area contributed by atoms with Gasteiger partial charge in [0.1, 0.15) is 11.2 Å². The smallest absolute Gasteiger partial charge is 0.268 e. The fourth-order valence-corrected chi connectivity index (χ4v) is 4.29. The maximum absolute atomic E-state index is 13.2. The lowest BCUT2D eigenvalue weighted by Crippen LogP contribution is -2.31. The van der Waals surface area contributed by atoms with Crippen LogP contribution in [0.2, 0.25) is 0 Å². The SMILES string of the molecule is CC[C@@H](NC(=O)c1cc(C(=O)NCc2nc3ccccc3o2)c2n1CCOC2)c1ccccc1. The normalized spacial score (nSPS) is 13.9. The minimum atomic E-state index is -0.300. The van der Waals surface area contributed by atoms with Crippen molar-refractivity contribution in [2.75, 3.05) is 6.61 Å². The molecular weight excluding hydrogens is 432 g/mol. The molecule has 0 radical (unpaired) electrons. The summed E-state index contributed by atoms with van der Waals surface area (Å²) in [5.41, 5.74) is 4.03. The molecule has 2 aromatic carbocycles. The Morgan fingerprint density at radius 2 is 1.88 bits per heavy atom. The molecular formula is C26H26N4O4. The monoisotopic (exact) mass is 458 g/mol. The van der Waals surface area contributed by atoms with Gasteiger partial charge < -0.3 is 24.4 Å². The van der Waals surface area contributed by atoms with Gasteiger partial charge in [0.05, 0.1) is 37.1 Å². The largest absolute Gasteiger partial charge is 0.439 e. The molecule has 1 atom stereocenters. The Labute approximate surface area is 196 Å². The summed E-state index contributed by atoms with van der Waals surface area (Å²) in [6.45, 7) is 3.45. The molecule has 8 nitrogen and oxygen atoms in total. The number of benzene rings is 2. The number of oxazole rings is 1. The van der Waals surface area contributed by atoms with E-state index in [4.69, 9.17) is 9.15 Å². The van der Waals surface area contributed by atoms with Crippen molar-refractivity contribution >= 4 is 22.9 Å². The molecule has 3 heterocycles. The molecule has 0 saturated carbocycles. The van der Waals surface area contributed by atoms with Crippen LogP contribution in [0.15, 0.2) is 65.1 Å². The van der Waals surface area contributed by atoms with Crippen molar-refractivity contribution in [3.05, 3.63) is 89.1 Å². The highest BCUT2D eigenvalue weighted by Gasteiger charge is 2.27. The van der Waals surface area contributed by atoms with E-state index in [-0.39, 0.29) is 31.0 Å². The van der Waals surface area contributed by atoms with E-state index < -0.39 is 0 Å². The van der Waals surface area contributed by atoms with E-state index >= 15 is 0 Å². The van der Waals surface area contributed by atoms with Crippen molar-refractivity contribution in [2.24, 2.45) is 0 Å². The number of para-hydroxylation sites is 2. The number of fused-ring (bicyclic) bond motifs is 2. The summed E-state index contributed by atoms with van der Waals surface area (Å²) in [6.07, 6.45) is 0.754. The molecule has 34 heavy (non-hydrogen) atoms. The van der Waals surface area contributed by atoms with Crippen LogP contribution in [0.25, 0.3) is 11.1 Å². The Balaban J connectivity index is 1.35. The van der Waals surface area contributed by atoms with Gasteiger partial charge in [0.25, 0.3) is 11.8 Å². The number of nitrogens with zero attached hydrogens (tertiary/aromatic N) is 2. The number of ether oxygens (including phenoxy) is 1. The van der Waals surface area contributed by atoms with E-state index in [1.54, 1.807) is 6.07 Å². The fourth-order valence-electron chi connectivity index (χ4n) is 4.29. The molecule has 0 spiro atoms. The molecule has 0 saturated heterocycles. The average Bonchev–Trinajstić information content (AvgIpc) is 3.48. The third-order valence-corrected chi connectivity index (χ3v) is 6.04. The molecule has 4 aromatic rings. The van der Waals surface area contributed by atoms with E-state index in [2.05, 4.69) is 15.6 Å². The second-order valence-electron chi connectivity index (χ2n) is 8.20. The van der Waals surface area contributed by atoms with Gasteiger partial charge in [-0.1, -0.05) is 49.4 Å². The number of hydrogen-bond acceptors (Lipinski definition) is 5. The first-order valence-corrected chi connectivity index (χ1v) is 11.4. The van der Waals surface area contributed by atoms with Gasteiger partial charge in [0.2, 0.25) is 5.89 Å². The van der Waals surface area contributed by atoms with E-state index in [1.807, 2.05) is 66.1 Å². The van der Waals surface area contributed by atoms with E-state index in [0.29, 0.717) is 41.6 Å². The number of rotatable bonds is 7. The van der Waals surface area contributed by atoms with E-state index in [0.717, 1.165) is 17.5 Å². The zero-order chi connectivity index (χ0) is 23.5. The topological polar surface area (TPSA) is 98.4 Å². The maximum atomic E-state index is 13.2. The van der Waals surface area contributed by atoms with Crippen LogP contribution < -0.4 is 10.6 Å². The summed E-state index contributed by atoms with van der Waals surface area (Å²) in [5.74, 6) is -0.0898. The first-order valence-electron chi connectivity index (χ1n) is 11.4. The summed E-state index contributed by atoms with van der Waals surface area (Å²) >= 11 is 0. The number of carbonyl (C=O) groups excluding carboxylic acids is 2. The van der Waals surface area contributed by atoms with Crippen LogP contribution in [0.5, 0.6) is 0 Å². The van der Waals surface area contributed by atoms with Crippen molar-refractivity contribution in [3.63, 3.8) is 0 Å². The number of carbonyl (C=O) groups is 2. The van der Waals surface area contributed by atoms with Crippen molar-refractivity contribution < 1.29 is 18.7 Å². The highest BCUT2D eigenvalue weighted by molar-refractivity contribution is 6.00. The summed E-state index contributed by atoms with van der Waals surface area (Å²) in [5, 5.41) is 5.98. The molecule has 0 bridgehead atoms. The van der Waals surface area contributed by atoms with Gasteiger partial charge in [0, 0.05) is 6.54 Å². The van der Waals surface area contributed by atoms with Crippen LogP contribution in [-0.2, 0) is 24.4 Å². The van der Waals surface area contributed by atoms with Crippen LogP contribution in [-0.4, -0.2) is 28.0 Å². The first kappa shape index (κ1) is 21.9. The van der Waals surface area contributed by atoms with Crippen molar-refractivity contribution in [3.8, 4) is 0 Å². The fraction of sp³-hybridized carbons (Fsp3) is 0.269. The molecule has 0 unspecified atom stereocenters. The van der Waals surface area contributed by atoms with Gasteiger partial charge >= 0.3 is 0 Å². The lowest BCUT2D eigenvalue weighted by atomic mass is 10.0. The molecule has 8 heteroatoms. The zero-order valence-electron chi connectivity index (χ0n) is 18.9. The Morgan fingerprint density at radius 3 is 2.68 bits per heavy atom. The number of amides is 2. The standard InChI is InChI=1S/C26H26N4O4/c1-2-19(17-8-4-3-5-9-17)29-26(32)21-14-18(22-16-33-13-12-30(21)22)25(31)27-15-24-28-20-10-6-7-11-23(20)34-24/h3-11,14,19H,2,12-13,15-16H2,1H3,(H,27,31)(H,29,32)/t19-/m1/s1. The van der Waals surface area contributed by atoms with Crippen molar-refractivity contribution in [1.29, 1.82) is 0 Å². The van der Waals surface area contributed by atoms with E-state index in [1.165, 1.54) is 0 Å². The number of nitrogens with one attached hydrogen (secondary N) is 2. The van der Waals surface area contributed by atoms with Crippen LogP contribution in [0, 0.1) is 0 Å². The predicted molar refractivity (Wildman–Crippen MR) is 126 cm³/mol. The van der Waals surface area contributed by atoms with Crippen molar-refractivity contribution in [1.82, 2.24) is 20.2 Å². The number of aromatic nitrogens is 2. The molecule has 0 fully saturated rings. The Morgan fingerprint density at radius 1 is 1.09 bits per heavy atom. The quantitative estimate of drug-likeness (QED) is 0.437. The van der Waals surface area contributed by atoms with Crippen LogP contribution in [0.3, 0.4) is 0 Å². The first-order chi connectivity index (χ1) is 16.6. The Bertz CT molecular complexity index is 1290. The minimum absolute atomic E-state index is 0.115. The van der Waals surface area contributed by atoms with Gasteiger partial charge in [-0.25, -0.2) is 4.98 Å². The van der Waals surface area contributed by atoms with Gasteiger partial charge in [-0.3, -0.25) is 9.59 Å². The zero-order valence-corrected chi connectivity index (χ0v) is 18.9. The lowest BCUT2D eigenvalue weighted by molar-refractivity contribution is 0.0775. The molecule has 2 N–H and O–H groups in total. The third-order valence-electron chi connectivity index (χ3n) is 6.04.